The highest BCUT2D eigenvalue weighted by atomic mass is 32.2. The number of carbonyl (C=O) groups excluding carboxylic acids is 1. The molecular formula is C12H14N2O3S. The third kappa shape index (κ3) is 4.58. The molecule has 0 aliphatic rings. The second-order valence-corrected chi connectivity index (χ2v) is 4.81. The lowest BCUT2D eigenvalue weighted by molar-refractivity contribution is -0.109. The van der Waals surface area contributed by atoms with Crippen molar-refractivity contribution in [2.45, 2.75) is 13.3 Å². The van der Waals surface area contributed by atoms with E-state index in [9.17, 15) is 9.59 Å². The fourth-order valence-electron chi connectivity index (χ4n) is 1.24. The first-order chi connectivity index (χ1) is 8.50. The second-order valence-electron chi connectivity index (χ2n) is 3.54. The predicted molar refractivity (Wildman–Crippen MR) is 72.4 cm³/mol. The van der Waals surface area contributed by atoms with Crippen LogP contribution in [-0.4, -0.2) is 26.9 Å². The number of rotatable bonds is 5. The van der Waals surface area contributed by atoms with E-state index < -0.39 is 5.97 Å². The number of thioether (sulfide) groups is 1. The monoisotopic (exact) mass is 266 g/mol. The standard InChI is InChI=1S/C12H14N2O3S/c1-8(15)18-5-3-2-4-9-6-10(12(16)17)11(13)14-7-9/h2,4,6-7H,3,5H2,1H3,(H2,13,14)(H,16,17). The minimum atomic E-state index is -1.10. The van der Waals surface area contributed by atoms with Crippen molar-refractivity contribution in [1.82, 2.24) is 4.98 Å². The number of aromatic nitrogens is 1. The molecule has 0 fully saturated rings. The van der Waals surface area contributed by atoms with Crippen molar-refractivity contribution in [2.24, 2.45) is 0 Å². The SMILES string of the molecule is CC(=O)SCCC=Cc1cnc(N)c(C(=O)O)c1. The zero-order chi connectivity index (χ0) is 13.5. The number of hydrogen-bond acceptors (Lipinski definition) is 5. The summed E-state index contributed by atoms with van der Waals surface area (Å²) in [5.41, 5.74) is 6.11. The lowest BCUT2D eigenvalue weighted by atomic mass is 10.1. The molecule has 0 radical (unpaired) electrons. The van der Waals surface area contributed by atoms with Gasteiger partial charge in [0, 0.05) is 18.9 Å². The van der Waals surface area contributed by atoms with Crippen molar-refractivity contribution in [1.29, 1.82) is 0 Å². The van der Waals surface area contributed by atoms with Crippen molar-refractivity contribution in [3.8, 4) is 0 Å². The number of nitrogens with zero attached hydrogens (tertiary/aromatic N) is 1. The molecule has 1 aromatic rings. The molecule has 0 saturated carbocycles. The molecule has 0 unspecified atom stereocenters. The van der Waals surface area contributed by atoms with Crippen LogP contribution in [0, 0.1) is 0 Å². The Labute approximate surface area is 109 Å². The number of allylic oxidation sites excluding steroid dienone is 1. The summed E-state index contributed by atoms with van der Waals surface area (Å²) >= 11 is 1.26. The molecule has 0 saturated heterocycles. The summed E-state index contributed by atoms with van der Waals surface area (Å²) in [5, 5.41) is 8.96. The molecule has 6 heteroatoms. The van der Waals surface area contributed by atoms with Crippen LogP contribution in [0.3, 0.4) is 0 Å². The van der Waals surface area contributed by atoms with E-state index in [1.165, 1.54) is 30.9 Å². The summed E-state index contributed by atoms with van der Waals surface area (Å²) in [6.07, 6.45) is 5.88. The predicted octanol–water partition coefficient (Wildman–Crippen LogP) is 2.04. The van der Waals surface area contributed by atoms with E-state index in [1.54, 1.807) is 6.08 Å². The molecule has 0 aliphatic carbocycles. The van der Waals surface area contributed by atoms with Crippen molar-refractivity contribution in [3.05, 3.63) is 29.5 Å². The summed E-state index contributed by atoms with van der Waals surface area (Å²) in [6.45, 7) is 1.53. The lowest BCUT2D eigenvalue weighted by Crippen LogP contribution is -2.04. The summed E-state index contributed by atoms with van der Waals surface area (Å²) in [7, 11) is 0. The minimum absolute atomic E-state index is 0.00439. The largest absolute Gasteiger partial charge is 0.478 e. The third-order valence-corrected chi connectivity index (χ3v) is 2.92. The molecule has 0 aromatic carbocycles. The van der Waals surface area contributed by atoms with E-state index in [-0.39, 0.29) is 16.5 Å². The highest BCUT2D eigenvalue weighted by Crippen LogP contribution is 2.12. The number of aromatic carboxylic acids is 1. The van der Waals surface area contributed by atoms with Crippen LogP contribution in [0.1, 0.15) is 29.3 Å². The summed E-state index contributed by atoms with van der Waals surface area (Å²) in [4.78, 5) is 25.3. The normalized spacial score (nSPS) is 10.7. The van der Waals surface area contributed by atoms with Crippen molar-refractivity contribution >= 4 is 34.7 Å². The van der Waals surface area contributed by atoms with E-state index in [1.807, 2.05) is 6.08 Å². The fraction of sp³-hybridized carbons (Fsp3) is 0.250. The number of nitrogen functional groups attached to an aromatic ring is 1. The number of carboxylic acid groups (broad SMARTS) is 1. The Hall–Kier alpha value is -1.82. The number of pyridine rings is 1. The van der Waals surface area contributed by atoms with Crippen molar-refractivity contribution in [2.75, 3.05) is 11.5 Å². The maximum atomic E-state index is 10.8. The van der Waals surface area contributed by atoms with E-state index >= 15 is 0 Å². The Bertz CT molecular complexity index is 486. The van der Waals surface area contributed by atoms with Gasteiger partial charge >= 0.3 is 5.97 Å². The average molecular weight is 266 g/mol. The van der Waals surface area contributed by atoms with Crippen molar-refractivity contribution < 1.29 is 14.7 Å². The first kappa shape index (κ1) is 14.2. The lowest BCUT2D eigenvalue weighted by Gasteiger charge is -2.00. The van der Waals surface area contributed by atoms with Gasteiger partial charge < -0.3 is 10.8 Å². The molecule has 1 rings (SSSR count). The molecule has 5 nitrogen and oxygen atoms in total. The highest BCUT2D eigenvalue weighted by molar-refractivity contribution is 8.13. The van der Waals surface area contributed by atoms with Crippen molar-refractivity contribution in [3.63, 3.8) is 0 Å². The van der Waals surface area contributed by atoms with E-state index in [0.717, 1.165) is 6.42 Å². The quantitative estimate of drug-likeness (QED) is 0.792. The molecule has 3 N–H and O–H groups in total. The van der Waals surface area contributed by atoms with Gasteiger partial charge in [0.05, 0.1) is 0 Å². The van der Waals surface area contributed by atoms with Gasteiger partial charge in [-0.15, -0.1) is 0 Å². The maximum Gasteiger partial charge on any atom is 0.339 e. The topological polar surface area (TPSA) is 93.3 Å². The second kappa shape index (κ2) is 6.80. The molecule has 96 valence electrons. The molecule has 0 spiro atoms. The van der Waals surface area contributed by atoms with Crippen LogP contribution in [0.15, 0.2) is 18.3 Å². The van der Waals surface area contributed by atoms with E-state index in [0.29, 0.717) is 11.3 Å². The Morgan fingerprint density at radius 1 is 1.56 bits per heavy atom. The highest BCUT2D eigenvalue weighted by Gasteiger charge is 2.08. The average Bonchev–Trinajstić information content (AvgIpc) is 2.30. The molecule has 0 aliphatic heterocycles. The van der Waals surface area contributed by atoms with Gasteiger partial charge in [-0.2, -0.15) is 0 Å². The van der Waals surface area contributed by atoms with Crippen LogP contribution in [0.4, 0.5) is 5.82 Å². The molecule has 0 bridgehead atoms. The first-order valence-electron chi connectivity index (χ1n) is 5.29. The van der Waals surface area contributed by atoms with Crippen LogP contribution in [0.5, 0.6) is 0 Å². The van der Waals surface area contributed by atoms with Gasteiger partial charge in [-0.1, -0.05) is 23.9 Å². The van der Waals surface area contributed by atoms with Crippen LogP contribution >= 0.6 is 11.8 Å². The Morgan fingerprint density at radius 3 is 2.89 bits per heavy atom. The van der Waals surface area contributed by atoms with Gasteiger partial charge in [-0.25, -0.2) is 9.78 Å². The van der Waals surface area contributed by atoms with E-state index in [2.05, 4.69) is 4.98 Å². The number of anilines is 1. The first-order valence-corrected chi connectivity index (χ1v) is 6.28. The summed E-state index contributed by atoms with van der Waals surface area (Å²) in [6, 6.07) is 1.47. The zero-order valence-corrected chi connectivity index (χ0v) is 10.7. The molecule has 18 heavy (non-hydrogen) atoms. The van der Waals surface area contributed by atoms with Crippen LogP contribution in [-0.2, 0) is 4.79 Å². The van der Waals surface area contributed by atoms with Gasteiger partial charge in [-0.3, -0.25) is 4.79 Å². The molecule has 0 atom stereocenters. The van der Waals surface area contributed by atoms with Crippen LogP contribution in [0.2, 0.25) is 0 Å². The molecule has 1 aromatic heterocycles. The Balaban J connectivity index is 2.62. The Kier molecular flexibility index (Phi) is 5.38. The number of hydrogen-bond donors (Lipinski definition) is 2. The fourth-order valence-corrected chi connectivity index (χ4v) is 1.79. The van der Waals surface area contributed by atoms with Crippen LogP contribution < -0.4 is 5.73 Å². The number of carboxylic acids is 1. The van der Waals surface area contributed by atoms with Crippen LogP contribution in [0.25, 0.3) is 6.08 Å². The van der Waals surface area contributed by atoms with Gasteiger partial charge in [0.15, 0.2) is 5.12 Å². The third-order valence-electron chi connectivity index (χ3n) is 2.07. The van der Waals surface area contributed by atoms with Gasteiger partial charge in [0.2, 0.25) is 0 Å². The smallest absolute Gasteiger partial charge is 0.339 e. The van der Waals surface area contributed by atoms with Gasteiger partial charge in [-0.05, 0) is 18.1 Å². The summed E-state index contributed by atoms with van der Waals surface area (Å²) < 4.78 is 0. The molecular weight excluding hydrogens is 252 g/mol. The van der Waals surface area contributed by atoms with Gasteiger partial charge in [0.25, 0.3) is 0 Å². The zero-order valence-electron chi connectivity index (χ0n) is 9.92. The molecule has 1 heterocycles. The maximum absolute atomic E-state index is 10.8. The van der Waals surface area contributed by atoms with E-state index in [4.69, 9.17) is 10.8 Å². The molecule has 0 amide bonds. The summed E-state index contributed by atoms with van der Waals surface area (Å²) in [5.74, 6) is -0.380. The number of nitrogens with two attached hydrogens (primary N) is 1. The number of carbonyl (C=O) groups is 2. The Morgan fingerprint density at radius 2 is 2.28 bits per heavy atom. The van der Waals surface area contributed by atoms with Gasteiger partial charge in [0.1, 0.15) is 11.4 Å². The minimum Gasteiger partial charge on any atom is -0.478 e.